The molecule has 0 saturated carbocycles. The van der Waals surface area contributed by atoms with E-state index < -0.39 is 0 Å². The van der Waals surface area contributed by atoms with Crippen molar-refractivity contribution in [1.82, 2.24) is 4.90 Å². The van der Waals surface area contributed by atoms with Gasteiger partial charge in [0.2, 0.25) is 5.91 Å². The predicted octanol–water partition coefficient (Wildman–Crippen LogP) is 1.76. The third-order valence-corrected chi connectivity index (χ3v) is 2.12. The van der Waals surface area contributed by atoms with E-state index in [-0.39, 0.29) is 11.8 Å². The van der Waals surface area contributed by atoms with Gasteiger partial charge in [-0.3, -0.25) is 4.79 Å². The first-order chi connectivity index (χ1) is 7.27. The molecule has 1 rings (SSSR count). The van der Waals surface area contributed by atoms with E-state index in [1.165, 1.54) is 4.90 Å². The number of nitrogens with zero attached hydrogens (tertiary/aromatic N) is 2. The average molecular weight is 227 g/mol. The molecule has 80 valence electrons. The van der Waals surface area contributed by atoms with Gasteiger partial charge in [-0.05, 0) is 12.1 Å². The summed E-state index contributed by atoms with van der Waals surface area (Å²) in [6.07, 6.45) is 1.84. The SMILES string of the molecule is N#CCCN(Cc1ccco1)C(=O)CCl. The second-order valence-corrected chi connectivity index (χ2v) is 3.20. The first-order valence-corrected chi connectivity index (χ1v) is 5.04. The van der Waals surface area contributed by atoms with E-state index >= 15 is 0 Å². The van der Waals surface area contributed by atoms with Crippen molar-refractivity contribution in [3.8, 4) is 6.07 Å². The molecule has 0 spiro atoms. The standard InChI is InChI=1S/C10H11ClN2O2/c11-7-10(14)13(5-2-4-12)8-9-3-1-6-15-9/h1,3,6H,2,5,7-8H2. The lowest BCUT2D eigenvalue weighted by Gasteiger charge is -2.18. The molecule has 0 fully saturated rings. The summed E-state index contributed by atoms with van der Waals surface area (Å²) in [6, 6.07) is 5.52. The van der Waals surface area contributed by atoms with Crippen LogP contribution >= 0.6 is 11.6 Å². The minimum atomic E-state index is -0.191. The zero-order valence-corrected chi connectivity index (χ0v) is 8.91. The minimum Gasteiger partial charge on any atom is -0.467 e. The highest BCUT2D eigenvalue weighted by atomic mass is 35.5. The summed E-state index contributed by atoms with van der Waals surface area (Å²) in [5.41, 5.74) is 0. The average Bonchev–Trinajstić information content (AvgIpc) is 2.75. The number of carbonyl (C=O) groups excluding carboxylic acids is 1. The lowest BCUT2D eigenvalue weighted by atomic mass is 10.3. The highest BCUT2D eigenvalue weighted by Crippen LogP contribution is 2.06. The predicted molar refractivity (Wildman–Crippen MR) is 55.1 cm³/mol. The van der Waals surface area contributed by atoms with Gasteiger partial charge in [-0.15, -0.1) is 11.6 Å². The molecular formula is C10H11ClN2O2. The van der Waals surface area contributed by atoms with Crippen LogP contribution in [0.2, 0.25) is 0 Å². The third-order valence-electron chi connectivity index (χ3n) is 1.89. The Morgan fingerprint density at radius 3 is 3.00 bits per heavy atom. The summed E-state index contributed by atoms with van der Waals surface area (Å²) in [4.78, 5) is 12.9. The van der Waals surface area contributed by atoms with Gasteiger partial charge in [0.25, 0.3) is 0 Å². The maximum absolute atomic E-state index is 11.4. The van der Waals surface area contributed by atoms with E-state index in [1.807, 2.05) is 6.07 Å². The van der Waals surface area contributed by atoms with Gasteiger partial charge in [0, 0.05) is 6.54 Å². The van der Waals surface area contributed by atoms with Gasteiger partial charge in [0.15, 0.2) is 0 Å². The first-order valence-electron chi connectivity index (χ1n) is 4.51. The van der Waals surface area contributed by atoms with Crippen molar-refractivity contribution in [2.45, 2.75) is 13.0 Å². The number of alkyl halides is 1. The number of rotatable bonds is 5. The Morgan fingerprint density at radius 2 is 2.47 bits per heavy atom. The van der Waals surface area contributed by atoms with E-state index in [0.29, 0.717) is 25.3 Å². The molecule has 0 bridgehead atoms. The quantitative estimate of drug-likeness (QED) is 0.719. The molecule has 0 aliphatic rings. The Bertz CT molecular complexity index is 343. The van der Waals surface area contributed by atoms with Crippen LogP contribution in [0.4, 0.5) is 0 Å². The summed E-state index contributed by atoms with van der Waals surface area (Å²) in [5.74, 6) is 0.418. The molecule has 0 radical (unpaired) electrons. The first kappa shape index (κ1) is 11.6. The van der Waals surface area contributed by atoms with Gasteiger partial charge in [-0.2, -0.15) is 5.26 Å². The smallest absolute Gasteiger partial charge is 0.237 e. The van der Waals surface area contributed by atoms with Gasteiger partial charge >= 0.3 is 0 Å². The Morgan fingerprint density at radius 1 is 1.67 bits per heavy atom. The van der Waals surface area contributed by atoms with Crippen molar-refractivity contribution in [3.05, 3.63) is 24.2 Å². The lowest BCUT2D eigenvalue weighted by Crippen LogP contribution is -2.32. The number of hydrogen-bond donors (Lipinski definition) is 0. The maximum Gasteiger partial charge on any atom is 0.237 e. The van der Waals surface area contributed by atoms with Gasteiger partial charge < -0.3 is 9.32 Å². The molecule has 0 atom stereocenters. The maximum atomic E-state index is 11.4. The lowest BCUT2D eigenvalue weighted by molar-refractivity contribution is -0.129. The van der Waals surface area contributed by atoms with Gasteiger partial charge in [0.05, 0.1) is 25.3 Å². The van der Waals surface area contributed by atoms with Crippen molar-refractivity contribution < 1.29 is 9.21 Å². The van der Waals surface area contributed by atoms with Crippen molar-refractivity contribution >= 4 is 17.5 Å². The number of furan rings is 1. The van der Waals surface area contributed by atoms with Gasteiger partial charge in [0.1, 0.15) is 11.6 Å². The molecule has 0 N–H and O–H groups in total. The third kappa shape index (κ3) is 3.64. The number of nitriles is 1. The number of amides is 1. The highest BCUT2D eigenvalue weighted by molar-refractivity contribution is 6.27. The number of halogens is 1. The van der Waals surface area contributed by atoms with Crippen molar-refractivity contribution in [2.24, 2.45) is 0 Å². The Balaban J connectivity index is 2.57. The summed E-state index contributed by atoms with van der Waals surface area (Å²) in [5, 5.41) is 8.45. The monoisotopic (exact) mass is 226 g/mol. The molecule has 5 heteroatoms. The molecule has 4 nitrogen and oxygen atoms in total. The fourth-order valence-electron chi connectivity index (χ4n) is 1.15. The Kier molecular flexibility index (Phi) is 4.72. The molecule has 0 aliphatic heterocycles. The summed E-state index contributed by atoms with van der Waals surface area (Å²) < 4.78 is 5.12. The Hall–Kier alpha value is -1.47. The van der Waals surface area contributed by atoms with Crippen LogP contribution in [0.25, 0.3) is 0 Å². The van der Waals surface area contributed by atoms with Crippen molar-refractivity contribution in [2.75, 3.05) is 12.4 Å². The van der Waals surface area contributed by atoms with Crippen LogP contribution in [0.1, 0.15) is 12.2 Å². The topological polar surface area (TPSA) is 57.2 Å². The van der Waals surface area contributed by atoms with Crippen LogP contribution in [-0.4, -0.2) is 23.2 Å². The second kappa shape index (κ2) is 6.10. The molecule has 0 aliphatic carbocycles. The van der Waals surface area contributed by atoms with Crippen LogP contribution in [0.15, 0.2) is 22.8 Å². The van der Waals surface area contributed by atoms with Crippen LogP contribution in [0, 0.1) is 11.3 Å². The number of hydrogen-bond acceptors (Lipinski definition) is 3. The molecule has 1 aromatic rings. The summed E-state index contributed by atoms with van der Waals surface area (Å²) in [7, 11) is 0. The van der Waals surface area contributed by atoms with E-state index in [2.05, 4.69) is 0 Å². The summed E-state index contributed by atoms with van der Waals surface area (Å²) >= 11 is 5.46. The van der Waals surface area contributed by atoms with Crippen molar-refractivity contribution in [3.63, 3.8) is 0 Å². The van der Waals surface area contributed by atoms with Crippen LogP contribution in [0.5, 0.6) is 0 Å². The highest BCUT2D eigenvalue weighted by Gasteiger charge is 2.13. The second-order valence-electron chi connectivity index (χ2n) is 2.94. The zero-order valence-electron chi connectivity index (χ0n) is 8.15. The van der Waals surface area contributed by atoms with E-state index in [9.17, 15) is 4.79 Å². The molecule has 15 heavy (non-hydrogen) atoms. The number of carbonyl (C=O) groups is 1. The minimum absolute atomic E-state index is 0.0772. The van der Waals surface area contributed by atoms with Gasteiger partial charge in [-0.1, -0.05) is 0 Å². The zero-order chi connectivity index (χ0) is 11.1. The van der Waals surface area contributed by atoms with E-state index in [0.717, 1.165) is 0 Å². The fourth-order valence-corrected chi connectivity index (χ4v) is 1.32. The molecule has 0 saturated heterocycles. The molecule has 1 aromatic heterocycles. The molecule has 0 aromatic carbocycles. The van der Waals surface area contributed by atoms with Crippen LogP contribution < -0.4 is 0 Å². The molecule has 0 unspecified atom stereocenters. The largest absolute Gasteiger partial charge is 0.467 e. The van der Waals surface area contributed by atoms with Crippen LogP contribution in [-0.2, 0) is 11.3 Å². The summed E-state index contributed by atoms with van der Waals surface area (Å²) in [6.45, 7) is 0.739. The molecule has 1 heterocycles. The molecule has 1 amide bonds. The van der Waals surface area contributed by atoms with E-state index in [4.69, 9.17) is 21.3 Å². The Labute approximate surface area is 93.0 Å². The normalized spacial score (nSPS) is 9.60. The van der Waals surface area contributed by atoms with Crippen LogP contribution in [0.3, 0.4) is 0 Å². The van der Waals surface area contributed by atoms with Gasteiger partial charge in [-0.25, -0.2) is 0 Å². The van der Waals surface area contributed by atoms with Crippen molar-refractivity contribution in [1.29, 1.82) is 5.26 Å². The molecular weight excluding hydrogens is 216 g/mol. The van der Waals surface area contributed by atoms with E-state index in [1.54, 1.807) is 18.4 Å². The fraction of sp³-hybridized carbons (Fsp3) is 0.400.